The van der Waals surface area contributed by atoms with Gasteiger partial charge >= 0.3 is 0 Å². The van der Waals surface area contributed by atoms with Crippen LogP contribution in [0.25, 0.3) is 54.7 Å². The van der Waals surface area contributed by atoms with Gasteiger partial charge in [0.05, 0.1) is 8.44 Å². The van der Waals surface area contributed by atoms with Gasteiger partial charge in [0, 0.05) is 29.4 Å². The minimum absolute atomic E-state index is 0.0146. The Bertz CT molecular complexity index is 1980. The molecular weight excluding hydrogens is 402 g/mol. The van der Waals surface area contributed by atoms with E-state index in [0.29, 0.717) is 16.7 Å². The summed E-state index contributed by atoms with van der Waals surface area (Å²) in [5, 5.41) is 5.98. The Morgan fingerprint density at radius 2 is 1.73 bits per heavy atom. The number of hydrogen-bond donors (Lipinski definition) is 0. The number of rotatable bonds is 2. The molecule has 0 unspecified atom stereocenters. The molecule has 0 saturated carbocycles. The van der Waals surface area contributed by atoms with E-state index in [2.05, 4.69) is 35.3 Å². The predicted molar refractivity (Wildman–Crippen MR) is 140 cm³/mol. The number of para-hydroxylation sites is 1. The number of aromatic nitrogens is 1. The smallest absolute Gasteiger partial charge is 0.144 e. The van der Waals surface area contributed by atoms with E-state index in [0.717, 1.165) is 32.3 Å². The first kappa shape index (κ1) is 13.8. The lowest BCUT2D eigenvalue weighted by atomic mass is 9.86. The molecule has 6 aromatic rings. The van der Waals surface area contributed by atoms with Crippen molar-refractivity contribution in [3.63, 3.8) is 0 Å². The Balaban J connectivity index is 1.68. The van der Waals surface area contributed by atoms with Crippen LogP contribution in [0.1, 0.15) is 41.5 Å². The summed E-state index contributed by atoms with van der Waals surface area (Å²) in [7, 11) is 0. The highest BCUT2D eigenvalue weighted by Gasteiger charge is 2.17. The second-order valence-corrected chi connectivity index (χ2v) is 9.46. The zero-order valence-electron chi connectivity index (χ0n) is 25.7. The highest BCUT2D eigenvalue weighted by atomic mass is 16.3. The monoisotopic (exact) mass is 436 g/mol. The fourth-order valence-corrected chi connectivity index (χ4v) is 4.46. The molecule has 0 saturated heterocycles. The normalized spacial score (nSPS) is 16.3. The minimum atomic E-state index is -2.82. The molecule has 0 bridgehead atoms. The van der Waals surface area contributed by atoms with Crippen LogP contribution in [0.3, 0.4) is 0 Å². The van der Waals surface area contributed by atoms with Gasteiger partial charge in [-0.1, -0.05) is 69.3 Å². The van der Waals surface area contributed by atoms with E-state index in [1.807, 2.05) is 24.3 Å². The average Bonchev–Trinajstić information content (AvgIpc) is 3.24. The first-order chi connectivity index (χ1) is 18.7. The summed E-state index contributed by atoms with van der Waals surface area (Å²) in [6.45, 7) is 2.12. The largest absolute Gasteiger partial charge is 0.455 e. The number of fused-ring (bicyclic) bond motifs is 6. The van der Waals surface area contributed by atoms with Crippen LogP contribution in [0.4, 0.5) is 0 Å². The van der Waals surface area contributed by atoms with Crippen LogP contribution in [0.15, 0.2) is 83.4 Å². The van der Waals surface area contributed by atoms with Gasteiger partial charge < -0.3 is 4.42 Å². The van der Waals surface area contributed by atoms with E-state index < -0.39 is 30.4 Å². The number of pyridine rings is 1. The second kappa shape index (κ2) is 7.18. The van der Waals surface area contributed by atoms with E-state index in [9.17, 15) is 0 Å². The topological polar surface area (TPSA) is 26.0 Å². The van der Waals surface area contributed by atoms with E-state index in [1.165, 1.54) is 0 Å². The molecule has 6 rings (SSSR count). The third kappa shape index (κ3) is 3.38. The lowest BCUT2D eigenvalue weighted by Gasteiger charge is -2.20. The lowest BCUT2D eigenvalue weighted by Crippen LogP contribution is -2.10. The van der Waals surface area contributed by atoms with Gasteiger partial charge in [0.25, 0.3) is 0 Å². The zero-order valence-corrected chi connectivity index (χ0v) is 18.7. The van der Waals surface area contributed by atoms with Crippen molar-refractivity contribution in [1.29, 1.82) is 0 Å². The summed E-state index contributed by atoms with van der Waals surface area (Å²) in [4.78, 5) is 4.27. The van der Waals surface area contributed by atoms with Crippen molar-refractivity contribution < 1.29 is 14.0 Å². The van der Waals surface area contributed by atoms with Crippen LogP contribution in [0.5, 0.6) is 0 Å². The highest BCUT2D eigenvalue weighted by molar-refractivity contribution is 6.17. The maximum atomic E-state index is 9.08. The molecule has 2 heteroatoms. The Kier molecular flexibility index (Phi) is 3.00. The third-order valence-electron chi connectivity index (χ3n) is 5.89. The molecule has 0 fully saturated rings. The molecule has 0 N–H and O–H groups in total. The Morgan fingerprint density at radius 1 is 0.909 bits per heavy atom. The maximum absolute atomic E-state index is 9.08. The van der Waals surface area contributed by atoms with Crippen molar-refractivity contribution >= 4 is 43.5 Å². The van der Waals surface area contributed by atoms with Gasteiger partial charge in [-0.3, -0.25) is 4.98 Å². The summed E-state index contributed by atoms with van der Waals surface area (Å²) in [6.07, 6.45) is -2.80. The van der Waals surface area contributed by atoms with Crippen molar-refractivity contribution in [2.75, 3.05) is 0 Å². The summed E-state index contributed by atoms with van der Waals surface area (Å²) >= 11 is 0. The molecule has 162 valence electrons. The Morgan fingerprint density at radius 3 is 2.58 bits per heavy atom. The third-order valence-corrected chi connectivity index (χ3v) is 5.89. The van der Waals surface area contributed by atoms with Crippen molar-refractivity contribution in [2.24, 2.45) is 5.41 Å². The van der Waals surface area contributed by atoms with Crippen molar-refractivity contribution in [3.8, 4) is 11.3 Å². The van der Waals surface area contributed by atoms with Gasteiger partial charge in [0.1, 0.15) is 11.2 Å². The van der Waals surface area contributed by atoms with E-state index in [4.69, 9.17) is 14.0 Å². The number of furan rings is 1. The Hall–Kier alpha value is -3.65. The number of hydrogen-bond acceptors (Lipinski definition) is 2. The molecule has 2 nitrogen and oxygen atoms in total. The minimum Gasteiger partial charge on any atom is -0.455 e. The first-order valence-electron chi connectivity index (χ1n) is 14.5. The standard InChI is InChI=1S/C31H27NO/c1-19-18-32-28(15-22(19)17-31(2,3)4)25-11-7-10-24-27-14-21-13-12-20-8-5-6-9-23(20)26(21)16-29(27)33-30(24)25/h5-16,18H,17H2,1-4H3/i1D3,15D,17D2,18D. The Labute approximate surface area is 203 Å². The molecule has 0 aliphatic rings. The SMILES string of the molecule is [2H]c1nc(-c2cccc3c2oc2cc4c(ccc5ccccc54)cc23)c([2H])c(C([2H])([2H])C(C)(C)C)c1C([2H])([2H])[2H]. The molecule has 2 heterocycles. The first-order valence-corrected chi connectivity index (χ1v) is 11.0. The number of nitrogens with zero attached hydrogens (tertiary/aromatic N) is 1. The van der Waals surface area contributed by atoms with Crippen LogP contribution < -0.4 is 0 Å². The van der Waals surface area contributed by atoms with Crippen molar-refractivity contribution in [3.05, 3.63) is 90.1 Å². The summed E-state index contributed by atoms with van der Waals surface area (Å²) in [6, 6.07) is 21.4. The molecule has 33 heavy (non-hydrogen) atoms. The second-order valence-electron chi connectivity index (χ2n) is 9.46. The highest BCUT2D eigenvalue weighted by Crippen LogP contribution is 2.39. The van der Waals surface area contributed by atoms with Gasteiger partial charge in [0.15, 0.2) is 0 Å². The maximum Gasteiger partial charge on any atom is 0.144 e. The van der Waals surface area contributed by atoms with Crippen LogP contribution in [0, 0.1) is 12.3 Å². The van der Waals surface area contributed by atoms with Crippen LogP contribution in [-0.2, 0) is 6.37 Å². The summed E-state index contributed by atoms with van der Waals surface area (Å²) in [5.41, 5.74) is -0.404. The molecular formula is C31H27NO. The fraction of sp³-hybridized carbons (Fsp3) is 0.194. The average molecular weight is 437 g/mol. The van der Waals surface area contributed by atoms with E-state index in [-0.39, 0.29) is 17.3 Å². The fourth-order valence-electron chi connectivity index (χ4n) is 4.46. The zero-order chi connectivity index (χ0) is 28.8. The molecule has 0 amide bonds. The molecule has 2 aromatic heterocycles. The summed E-state index contributed by atoms with van der Waals surface area (Å²) in [5.74, 6) is 0. The summed E-state index contributed by atoms with van der Waals surface area (Å²) < 4.78 is 66.0. The van der Waals surface area contributed by atoms with Gasteiger partial charge in [-0.25, -0.2) is 0 Å². The van der Waals surface area contributed by atoms with Crippen molar-refractivity contribution in [1.82, 2.24) is 4.98 Å². The van der Waals surface area contributed by atoms with E-state index in [1.54, 1.807) is 32.9 Å². The lowest BCUT2D eigenvalue weighted by molar-refractivity contribution is 0.410. The molecule has 4 aromatic carbocycles. The van der Waals surface area contributed by atoms with Gasteiger partial charge in [-0.15, -0.1) is 0 Å². The molecule has 0 aliphatic heterocycles. The van der Waals surface area contributed by atoms with Gasteiger partial charge in [0.2, 0.25) is 0 Å². The van der Waals surface area contributed by atoms with E-state index >= 15 is 0 Å². The predicted octanol–water partition coefficient (Wildman–Crippen LogP) is 8.85. The molecule has 0 aliphatic carbocycles. The molecule has 0 atom stereocenters. The quantitative estimate of drug-likeness (QED) is 0.253. The van der Waals surface area contributed by atoms with Crippen LogP contribution in [-0.4, -0.2) is 4.98 Å². The van der Waals surface area contributed by atoms with Crippen molar-refractivity contribution in [2.45, 2.75) is 34.0 Å². The van der Waals surface area contributed by atoms with Crippen LogP contribution in [0.2, 0.25) is 0 Å². The van der Waals surface area contributed by atoms with Gasteiger partial charge in [-0.05, 0) is 75.6 Å². The number of benzene rings is 4. The molecule has 0 radical (unpaired) electrons. The molecule has 0 spiro atoms. The van der Waals surface area contributed by atoms with Gasteiger partial charge in [-0.2, -0.15) is 0 Å². The van der Waals surface area contributed by atoms with Crippen LogP contribution >= 0.6 is 0 Å².